The van der Waals surface area contributed by atoms with Crippen molar-refractivity contribution in [1.29, 1.82) is 0 Å². The van der Waals surface area contributed by atoms with Crippen LogP contribution in [0.25, 0.3) is 10.1 Å². The van der Waals surface area contributed by atoms with E-state index in [4.69, 9.17) is 0 Å². The average molecular weight is 344 g/mol. The number of fused-ring (bicyclic) bond motifs is 1. The van der Waals surface area contributed by atoms with Crippen molar-refractivity contribution >= 4 is 27.3 Å². The summed E-state index contributed by atoms with van der Waals surface area (Å²) in [6.45, 7) is 2.35. The van der Waals surface area contributed by atoms with Crippen LogP contribution in [0.3, 0.4) is 0 Å². The molecule has 0 unspecified atom stereocenters. The Labute approximate surface area is 142 Å². The first-order valence-electron chi connectivity index (χ1n) is 8.01. The third-order valence-electron chi connectivity index (χ3n) is 4.51. The van der Waals surface area contributed by atoms with Crippen LogP contribution in [0.4, 0.5) is 4.39 Å². The Kier molecular flexibility index (Phi) is 4.02. The van der Waals surface area contributed by atoms with Gasteiger partial charge in [0.2, 0.25) is 0 Å². The number of hydrogen-bond acceptors (Lipinski definition) is 4. The zero-order valence-electron chi connectivity index (χ0n) is 13.1. The summed E-state index contributed by atoms with van der Waals surface area (Å²) in [7, 11) is 0. The van der Waals surface area contributed by atoms with Crippen LogP contribution in [0.2, 0.25) is 0 Å². The maximum atomic E-state index is 13.3. The molecule has 4 rings (SSSR count). The Bertz CT molecular complexity index is 853. The minimum Gasteiger partial charge on any atom is -0.338 e. The van der Waals surface area contributed by atoms with Crippen molar-refractivity contribution in [2.24, 2.45) is 5.92 Å². The van der Waals surface area contributed by atoms with Crippen LogP contribution < -0.4 is 0 Å². The number of halogens is 1. The molecular weight excluding hydrogens is 327 g/mol. The van der Waals surface area contributed by atoms with E-state index in [1.807, 2.05) is 15.8 Å². The first kappa shape index (κ1) is 15.3. The van der Waals surface area contributed by atoms with Gasteiger partial charge in [-0.15, -0.1) is 16.4 Å². The number of likely N-dealkylation sites (tertiary alicyclic amines) is 1. The highest BCUT2D eigenvalue weighted by Gasteiger charge is 2.25. The molecule has 1 aliphatic rings. The Morgan fingerprint density at radius 3 is 2.88 bits per heavy atom. The molecule has 0 radical (unpaired) electrons. The quantitative estimate of drug-likeness (QED) is 0.733. The first-order valence-corrected chi connectivity index (χ1v) is 8.83. The Hall–Kier alpha value is -2.28. The van der Waals surface area contributed by atoms with Crippen molar-refractivity contribution in [1.82, 2.24) is 19.9 Å². The third kappa shape index (κ3) is 3.03. The van der Waals surface area contributed by atoms with Gasteiger partial charge in [0.25, 0.3) is 5.91 Å². The van der Waals surface area contributed by atoms with Crippen LogP contribution in [0.5, 0.6) is 0 Å². The van der Waals surface area contributed by atoms with Gasteiger partial charge in [-0.1, -0.05) is 5.21 Å². The lowest BCUT2D eigenvalue weighted by Gasteiger charge is -2.31. The van der Waals surface area contributed by atoms with Crippen molar-refractivity contribution in [3.8, 4) is 0 Å². The second kappa shape index (κ2) is 6.32. The van der Waals surface area contributed by atoms with E-state index in [-0.39, 0.29) is 11.7 Å². The molecular formula is C17H17FN4OS. The number of rotatable bonds is 3. The smallest absolute Gasteiger partial charge is 0.263 e. The minimum absolute atomic E-state index is 0.0517. The molecule has 0 bridgehead atoms. The van der Waals surface area contributed by atoms with E-state index in [0.29, 0.717) is 10.8 Å². The summed E-state index contributed by atoms with van der Waals surface area (Å²) in [6.07, 6.45) is 5.48. The molecule has 1 fully saturated rings. The summed E-state index contributed by atoms with van der Waals surface area (Å²) in [5.41, 5.74) is 0. The van der Waals surface area contributed by atoms with E-state index in [0.717, 1.165) is 42.6 Å². The number of thiophene rings is 1. The molecule has 1 aliphatic heterocycles. The van der Waals surface area contributed by atoms with Crippen molar-refractivity contribution in [2.45, 2.75) is 19.4 Å². The molecule has 0 spiro atoms. The SMILES string of the molecule is O=C(c1cc2cc(F)ccc2s1)N1CCC(Cn2ccnn2)CC1. The fraction of sp³-hybridized carbons (Fsp3) is 0.353. The predicted molar refractivity (Wildman–Crippen MR) is 90.4 cm³/mol. The fourth-order valence-electron chi connectivity index (χ4n) is 3.19. The third-order valence-corrected chi connectivity index (χ3v) is 5.61. The second-order valence-corrected chi connectivity index (χ2v) is 7.24. The summed E-state index contributed by atoms with van der Waals surface area (Å²) in [5, 5.41) is 8.62. The summed E-state index contributed by atoms with van der Waals surface area (Å²) in [5.74, 6) is 0.302. The van der Waals surface area contributed by atoms with Crippen molar-refractivity contribution in [3.05, 3.63) is 47.4 Å². The molecule has 3 heterocycles. The summed E-state index contributed by atoms with van der Waals surface area (Å²) >= 11 is 1.43. The summed E-state index contributed by atoms with van der Waals surface area (Å²) < 4.78 is 16.1. The summed E-state index contributed by atoms with van der Waals surface area (Å²) in [4.78, 5) is 15.3. The molecule has 3 aromatic rings. The molecule has 0 aliphatic carbocycles. The van der Waals surface area contributed by atoms with Crippen LogP contribution >= 0.6 is 11.3 Å². The molecule has 1 saturated heterocycles. The van der Waals surface area contributed by atoms with E-state index >= 15 is 0 Å². The van der Waals surface area contributed by atoms with E-state index < -0.39 is 0 Å². The van der Waals surface area contributed by atoms with Crippen molar-refractivity contribution in [3.63, 3.8) is 0 Å². The lowest BCUT2D eigenvalue weighted by Crippen LogP contribution is -2.39. The van der Waals surface area contributed by atoms with Crippen LogP contribution in [0.15, 0.2) is 36.7 Å². The van der Waals surface area contributed by atoms with Gasteiger partial charge in [-0.2, -0.15) is 0 Å². The highest BCUT2D eigenvalue weighted by Crippen LogP contribution is 2.28. The van der Waals surface area contributed by atoms with Gasteiger partial charge in [0.1, 0.15) is 5.82 Å². The lowest BCUT2D eigenvalue weighted by molar-refractivity contribution is 0.0686. The normalized spacial score (nSPS) is 16.0. The van der Waals surface area contributed by atoms with Crippen LogP contribution in [-0.2, 0) is 6.54 Å². The number of amides is 1. The number of carbonyl (C=O) groups excluding carboxylic acids is 1. The van der Waals surface area contributed by atoms with Crippen LogP contribution in [0.1, 0.15) is 22.5 Å². The Morgan fingerprint density at radius 1 is 1.29 bits per heavy atom. The number of piperidine rings is 1. The first-order chi connectivity index (χ1) is 11.7. The molecule has 1 amide bonds. The van der Waals surface area contributed by atoms with Gasteiger partial charge in [0.05, 0.1) is 11.1 Å². The zero-order chi connectivity index (χ0) is 16.5. The van der Waals surface area contributed by atoms with Gasteiger partial charge in [0, 0.05) is 30.5 Å². The fourth-order valence-corrected chi connectivity index (χ4v) is 4.20. The van der Waals surface area contributed by atoms with E-state index in [1.165, 1.54) is 23.5 Å². The highest BCUT2D eigenvalue weighted by molar-refractivity contribution is 7.20. The summed E-state index contributed by atoms with van der Waals surface area (Å²) in [6, 6.07) is 6.44. The van der Waals surface area contributed by atoms with Crippen molar-refractivity contribution < 1.29 is 9.18 Å². The molecule has 0 N–H and O–H groups in total. The molecule has 0 saturated carbocycles. The van der Waals surface area contributed by atoms with Gasteiger partial charge in [-0.25, -0.2) is 4.39 Å². The van der Waals surface area contributed by atoms with E-state index in [1.54, 1.807) is 18.3 Å². The molecule has 0 atom stereocenters. The number of benzene rings is 1. The molecule has 2 aromatic heterocycles. The van der Waals surface area contributed by atoms with Crippen LogP contribution in [0, 0.1) is 11.7 Å². The van der Waals surface area contributed by atoms with Crippen LogP contribution in [-0.4, -0.2) is 38.9 Å². The number of aromatic nitrogens is 3. The molecule has 24 heavy (non-hydrogen) atoms. The maximum Gasteiger partial charge on any atom is 0.263 e. The van der Waals surface area contributed by atoms with Gasteiger partial charge in [0.15, 0.2) is 0 Å². The number of hydrogen-bond donors (Lipinski definition) is 0. The lowest BCUT2D eigenvalue weighted by atomic mass is 9.97. The number of carbonyl (C=O) groups is 1. The Morgan fingerprint density at radius 2 is 2.12 bits per heavy atom. The molecule has 124 valence electrons. The topological polar surface area (TPSA) is 51.0 Å². The standard InChI is InChI=1S/C17H17FN4OS/c18-14-1-2-15-13(9-14)10-16(24-15)17(23)21-6-3-12(4-7-21)11-22-8-5-19-20-22/h1-2,5,8-10,12H,3-4,6-7,11H2. The van der Waals surface area contributed by atoms with Gasteiger partial charge < -0.3 is 4.90 Å². The number of nitrogens with zero attached hydrogens (tertiary/aromatic N) is 4. The second-order valence-electron chi connectivity index (χ2n) is 6.15. The van der Waals surface area contributed by atoms with Crippen molar-refractivity contribution in [2.75, 3.05) is 13.1 Å². The Balaban J connectivity index is 1.41. The van der Waals surface area contributed by atoms with Gasteiger partial charge in [-0.05, 0) is 48.4 Å². The maximum absolute atomic E-state index is 13.3. The monoisotopic (exact) mass is 344 g/mol. The predicted octanol–water partition coefficient (Wildman–Crippen LogP) is 3.18. The van der Waals surface area contributed by atoms with Gasteiger partial charge >= 0.3 is 0 Å². The van der Waals surface area contributed by atoms with E-state index in [9.17, 15) is 9.18 Å². The van der Waals surface area contributed by atoms with Gasteiger partial charge in [-0.3, -0.25) is 9.48 Å². The molecule has 7 heteroatoms. The highest BCUT2D eigenvalue weighted by atomic mass is 32.1. The van der Waals surface area contributed by atoms with E-state index in [2.05, 4.69) is 10.3 Å². The zero-order valence-corrected chi connectivity index (χ0v) is 13.9. The largest absolute Gasteiger partial charge is 0.338 e. The minimum atomic E-state index is -0.270. The molecule has 5 nitrogen and oxygen atoms in total. The molecule has 1 aromatic carbocycles. The average Bonchev–Trinajstić information content (AvgIpc) is 3.24.